The molecule has 0 spiro atoms. The van der Waals surface area contributed by atoms with Crippen LogP contribution in [0.4, 0.5) is 5.69 Å². The van der Waals surface area contributed by atoms with Crippen molar-refractivity contribution < 1.29 is 29.0 Å². The second-order valence-electron chi connectivity index (χ2n) is 6.08. The number of carbonyl (C=O) groups excluding carboxylic acids is 3. The molecule has 1 aromatic carbocycles. The number of aliphatic hydroxyl groups excluding tert-OH is 1. The van der Waals surface area contributed by atoms with Crippen LogP contribution in [0.2, 0.25) is 0 Å². The third kappa shape index (κ3) is 1.71. The lowest BCUT2D eigenvalue weighted by Gasteiger charge is -2.26. The lowest BCUT2D eigenvalue weighted by molar-refractivity contribution is -0.128. The Hall–Kier alpha value is -2.51. The van der Waals surface area contributed by atoms with Crippen LogP contribution < -0.4 is 4.90 Å². The van der Waals surface area contributed by atoms with Crippen molar-refractivity contribution in [2.24, 2.45) is 11.8 Å². The molecule has 124 valence electrons. The van der Waals surface area contributed by atoms with E-state index >= 15 is 0 Å². The Labute approximate surface area is 137 Å². The zero-order chi connectivity index (χ0) is 17.1. The number of methoxy groups -OCH3 is 1. The largest absolute Gasteiger partial charge is 0.465 e. The van der Waals surface area contributed by atoms with Crippen molar-refractivity contribution >= 4 is 23.5 Å². The second-order valence-corrected chi connectivity index (χ2v) is 6.08. The number of carbonyl (C=O) groups is 3. The van der Waals surface area contributed by atoms with Gasteiger partial charge in [0, 0.05) is 0 Å². The van der Waals surface area contributed by atoms with Gasteiger partial charge in [-0.2, -0.15) is 0 Å². The van der Waals surface area contributed by atoms with Crippen LogP contribution >= 0.6 is 0 Å². The first-order chi connectivity index (χ1) is 11.5. The zero-order valence-corrected chi connectivity index (χ0v) is 12.8. The van der Waals surface area contributed by atoms with Gasteiger partial charge in [0.2, 0.25) is 11.8 Å². The highest BCUT2D eigenvalue weighted by molar-refractivity contribution is 6.25. The maximum Gasteiger partial charge on any atom is 0.339 e. The van der Waals surface area contributed by atoms with E-state index in [4.69, 9.17) is 9.47 Å². The third-order valence-corrected chi connectivity index (χ3v) is 4.95. The van der Waals surface area contributed by atoms with Gasteiger partial charge in [-0.3, -0.25) is 9.59 Å². The SMILES string of the molecule is COC(=O)c1ccccc1N1C(=O)[C@@H]2[C@H]3C=C[C@@](CO)(O3)[C@H]2C1=O. The van der Waals surface area contributed by atoms with E-state index in [2.05, 4.69) is 0 Å². The summed E-state index contributed by atoms with van der Waals surface area (Å²) in [5.41, 5.74) is -0.820. The van der Waals surface area contributed by atoms with Crippen LogP contribution in [0, 0.1) is 11.8 Å². The predicted molar refractivity (Wildman–Crippen MR) is 81.1 cm³/mol. The van der Waals surface area contributed by atoms with E-state index in [1.807, 2.05) is 0 Å². The van der Waals surface area contributed by atoms with Crippen LogP contribution in [0.3, 0.4) is 0 Å². The Kier molecular flexibility index (Phi) is 3.13. The Morgan fingerprint density at radius 1 is 1.33 bits per heavy atom. The first kappa shape index (κ1) is 15.0. The number of ether oxygens (including phenoxy) is 2. The number of aliphatic hydroxyl groups is 1. The molecule has 1 aromatic rings. The number of hydrogen-bond donors (Lipinski definition) is 1. The van der Waals surface area contributed by atoms with Crippen LogP contribution in [0.5, 0.6) is 0 Å². The molecular weight excluding hydrogens is 314 g/mol. The summed E-state index contributed by atoms with van der Waals surface area (Å²) < 4.78 is 10.4. The van der Waals surface area contributed by atoms with Gasteiger partial charge in [0.05, 0.1) is 42.9 Å². The van der Waals surface area contributed by atoms with Gasteiger partial charge in [-0.05, 0) is 12.1 Å². The molecule has 4 atom stereocenters. The molecule has 4 rings (SSSR count). The van der Waals surface area contributed by atoms with Gasteiger partial charge in [-0.1, -0.05) is 24.3 Å². The van der Waals surface area contributed by atoms with Crippen molar-refractivity contribution in [1.82, 2.24) is 0 Å². The van der Waals surface area contributed by atoms with Gasteiger partial charge in [-0.15, -0.1) is 0 Å². The van der Waals surface area contributed by atoms with Crippen LogP contribution in [-0.2, 0) is 19.1 Å². The molecule has 7 heteroatoms. The number of imide groups is 1. The monoisotopic (exact) mass is 329 g/mol. The highest BCUT2D eigenvalue weighted by Gasteiger charge is 2.67. The average molecular weight is 329 g/mol. The van der Waals surface area contributed by atoms with Crippen LogP contribution in [-0.4, -0.2) is 48.3 Å². The quantitative estimate of drug-likeness (QED) is 0.486. The second kappa shape index (κ2) is 4.99. The number of nitrogens with zero attached hydrogens (tertiary/aromatic N) is 1. The van der Waals surface area contributed by atoms with E-state index in [9.17, 15) is 19.5 Å². The zero-order valence-electron chi connectivity index (χ0n) is 12.8. The molecule has 2 bridgehead atoms. The summed E-state index contributed by atoms with van der Waals surface area (Å²) in [7, 11) is 1.24. The van der Waals surface area contributed by atoms with Crippen molar-refractivity contribution in [1.29, 1.82) is 0 Å². The molecule has 2 saturated heterocycles. The van der Waals surface area contributed by atoms with Gasteiger partial charge in [0.25, 0.3) is 0 Å². The van der Waals surface area contributed by atoms with Crippen LogP contribution in [0.25, 0.3) is 0 Å². The molecule has 24 heavy (non-hydrogen) atoms. The minimum atomic E-state index is -1.16. The first-order valence-electron chi connectivity index (χ1n) is 7.57. The normalized spacial score (nSPS) is 33.2. The minimum Gasteiger partial charge on any atom is -0.465 e. The van der Waals surface area contributed by atoms with Crippen molar-refractivity contribution in [3.05, 3.63) is 42.0 Å². The molecule has 3 aliphatic rings. The van der Waals surface area contributed by atoms with Crippen molar-refractivity contribution in [3.8, 4) is 0 Å². The minimum absolute atomic E-state index is 0.140. The Bertz CT molecular complexity index is 787. The summed E-state index contributed by atoms with van der Waals surface area (Å²) in [4.78, 5) is 38.8. The molecule has 0 radical (unpaired) electrons. The van der Waals surface area contributed by atoms with Gasteiger partial charge < -0.3 is 14.6 Å². The average Bonchev–Trinajstić information content (AvgIpc) is 3.25. The van der Waals surface area contributed by atoms with E-state index < -0.39 is 41.3 Å². The predicted octanol–water partition coefficient (Wildman–Crippen LogP) is 0.278. The molecular formula is C17H15NO6. The van der Waals surface area contributed by atoms with Gasteiger partial charge in [-0.25, -0.2) is 9.69 Å². The first-order valence-corrected chi connectivity index (χ1v) is 7.57. The van der Waals surface area contributed by atoms with Gasteiger partial charge >= 0.3 is 5.97 Å². The summed E-state index contributed by atoms with van der Waals surface area (Å²) in [6.45, 7) is -0.382. The van der Waals surface area contributed by atoms with E-state index in [-0.39, 0.29) is 17.9 Å². The summed E-state index contributed by atoms with van der Waals surface area (Å²) in [6, 6.07) is 6.30. The van der Waals surface area contributed by atoms with Crippen molar-refractivity contribution in [2.45, 2.75) is 11.7 Å². The summed E-state index contributed by atoms with van der Waals surface area (Å²) in [5, 5.41) is 9.70. The fourth-order valence-corrected chi connectivity index (χ4v) is 3.87. The number of fused-ring (bicyclic) bond motifs is 5. The highest BCUT2D eigenvalue weighted by Crippen LogP contribution is 2.52. The molecule has 0 unspecified atom stereocenters. The topological polar surface area (TPSA) is 93.1 Å². The lowest BCUT2D eigenvalue weighted by Crippen LogP contribution is -2.43. The molecule has 0 aliphatic carbocycles. The number of esters is 1. The van der Waals surface area contributed by atoms with Gasteiger partial charge in [0.15, 0.2) is 0 Å². The number of hydrogen-bond acceptors (Lipinski definition) is 6. The summed E-state index contributed by atoms with van der Waals surface area (Å²) in [6.07, 6.45) is 2.83. The smallest absolute Gasteiger partial charge is 0.339 e. The maximum atomic E-state index is 12.9. The lowest BCUT2D eigenvalue weighted by atomic mass is 9.77. The fraction of sp³-hybridized carbons (Fsp3) is 0.353. The Morgan fingerprint density at radius 3 is 2.79 bits per heavy atom. The molecule has 7 nitrogen and oxygen atoms in total. The molecule has 3 aliphatic heterocycles. The third-order valence-electron chi connectivity index (χ3n) is 4.95. The van der Waals surface area contributed by atoms with E-state index in [0.717, 1.165) is 4.90 Å². The number of anilines is 1. The fourth-order valence-electron chi connectivity index (χ4n) is 3.87. The van der Waals surface area contributed by atoms with E-state index in [1.54, 1.807) is 24.3 Å². The van der Waals surface area contributed by atoms with E-state index in [0.29, 0.717) is 0 Å². The van der Waals surface area contributed by atoms with Crippen LogP contribution in [0.1, 0.15) is 10.4 Å². The summed E-state index contributed by atoms with van der Waals surface area (Å²) >= 11 is 0. The summed E-state index contributed by atoms with van der Waals surface area (Å²) in [5.74, 6) is -2.98. The maximum absolute atomic E-state index is 12.9. The molecule has 0 saturated carbocycles. The van der Waals surface area contributed by atoms with E-state index in [1.165, 1.54) is 19.2 Å². The molecule has 2 amide bonds. The standard InChI is InChI=1S/C17H15NO6/c1-23-16(22)9-4-2-3-5-10(9)18-14(20)12-11-6-7-17(8-19,24-11)13(12)15(18)21/h2-7,11-13,19H,8H2,1H3/t11-,12-,13-,17+/m1/s1. The Morgan fingerprint density at radius 2 is 2.08 bits per heavy atom. The highest BCUT2D eigenvalue weighted by atomic mass is 16.5. The molecule has 1 N–H and O–H groups in total. The van der Waals surface area contributed by atoms with Gasteiger partial charge in [0.1, 0.15) is 5.60 Å². The molecule has 3 heterocycles. The number of rotatable bonds is 3. The van der Waals surface area contributed by atoms with Crippen molar-refractivity contribution in [3.63, 3.8) is 0 Å². The number of benzene rings is 1. The number of amides is 2. The molecule has 0 aromatic heterocycles. The van der Waals surface area contributed by atoms with Crippen LogP contribution in [0.15, 0.2) is 36.4 Å². The Balaban J connectivity index is 1.80. The number of para-hydroxylation sites is 1. The van der Waals surface area contributed by atoms with Crippen molar-refractivity contribution in [2.75, 3.05) is 18.6 Å². The molecule has 2 fully saturated rings.